The van der Waals surface area contributed by atoms with Gasteiger partial charge in [-0.2, -0.15) is 0 Å². The van der Waals surface area contributed by atoms with Gasteiger partial charge < -0.3 is 9.80 Å². The molecule has 0 atom stereocenters. The molecule has 1 aliphatic carbocycles. The average Bonchev–Trinajstić information content (AvgIpc) is 3.13. The van der Waals surface area contributed by atoms with Crippen LogP contribution < -0.4 is 0 Å². The molecule has 0 aromatic carbocycles. The van der Waals surface area contributed by atoms with Crippen LogP contribution in [0.1, 0.15) is 32.1 Å². The lowest BCUT2D eigenvalue weighted by atomic mass is 10.2. The lowest BCUT2D eigenvalue weighted by Crippen LogP contribution is -2.38. The molecule has 1 aromatic rings. The summed E-state index contributed by atoms with van der Waals surface area (Å²) in [6.07, 6.45) is 7.25. The van der Waals surface area contributed by atoms with E-state index in [1.807, 2.05) is 7.05 Å². The first-order chi connectivity index (χ1) is 9.66. The summed E-state index contributed by atoms with van der Waals surface area (Å²) >= 11 is 0. The highest BCUT2D eigenvalue weighted by Gasteiger charge is 2.19. The second kappa shape index (κ2) is 7.33. The first-order valence-corrected chi connectivity index (χ1v) is 7.32. The Hall–Kier alpha value is -1.50. The highest BCUT2D eigenvalue weighted by Crippen LogP contribution is 2.21. The zero-order valence-electron chi connectivity index (χ0n) is 12.4. The number of carbonyl (C=O) groups excluding carboxylic acids is 1. The highest BCUT2D eigenvalue weighted by atomic mass is 16.2. The maximum atomic E-state index is 12.0. The fraction of sp³-hybridized carbons (Fsp3) is 0.846. The summed E-state index contributed by atoms with van der Waals surface area (Å²) in [5, 5.41) is 10.8. The number of aromatic nitrogens is 4. The highest BCUT2D eigenvalue weighted by molar-refractivity contribution is 5.75. The number of rotatable bonds is 7. The predicted molar refractivity (Wildman–Crippen MR) is 75.0 cm³/mol. The molecule has 0 bridgehead atoms. The molecule has 0 aliphatic heterocycles. The molecule has 1 saturated carbocycles. The van der Waals surface area contributed by atoms with Crippen molar-refractivity contribution in [2.45, 2.75) is 44.7 Å². The van der Waals surface area contributed by atoms with E-state index in [2.05, 4.69) is 27.5 Å². The summed E-state index contributed by atoms with van der Waals surface area (Å²) in [7, 11) is 4.03. The zero-order valence-corrected chi connectivity index (χ0v) is 12.4. The van der Waals surface area contributed by atoms with Gasteiger partial charge in [0.2, 0.25) is 5.91 Å². The van der Waals surface area contributed by atoms with Crippen molar-refractivity contribution in [2.75, 3.05) is 27.2 Å². The largest absolute Gasteiger partial charge is 0.344 e. The van der Waals surface area contributed by atoms with E-state index in [1.54, 1.807) is 9.58 Å². The van der Waals surface area contributed by atoms with Gasteiger partial charge in [-0.25, -0.2) is 4.68 Å². The van der Waals surface area contributed by atoms with E-state index in [0.717, 1.165) is 13.1 Å². The summed E-state index contributed by atoms with van der Waals surface area (Å²) in [6.45, 7) is 2.26. The van der Waals surface area contributed by atoms with Crippen LogP contribution in [0.25, 0.3) is 0 Å². The third kappa shape index (κ3) is 4.26. The molecule has 1 aromatic heterocycles. The molecule has 112 valence electrons. The maximum absolute atomic E-state index is 12.0. The predicted octanol–water partition coefficient (Wildman–Crippen LogP) is 0.396. The summed E-state index contributed by atoms with van der Waals surface area (Å²) in [5.41, 5.74) is 0. The van der Waals surface area contributed by atoms with Crippen molar-refractivity contribution < 1.29 is 4.79 Å². The van der Waals surface area contributed by atoms with Gasteiger partial charge in [-0.05, 0) is 30.3 Å². The molecule has 0 saturated heterocycles. The van der Waals surface area contributed by atoms with Crippen molar-refractivity contribution in [3.05, 3.63) is 6.33 Å². The Morgan fingerprint density at radius 3 is 2.70 bits per heavy atom. The molecule has 0 unspecified atom stereocenters. The van der Waals surface area contributed by atoms with Crippen molar-refractivity contribution in [3.63, 3.8) is 0 Å². The van der Waals surface area contributed by atoms with Gasteiger partial charge in [0.25, 0.3) is 0 Å². The first-order valence-electron chi connectivity index (χ1n) is 7.32. The third-order valence-electron chi connectivity index (χ3n) is 4.11. The van der Waals surface area contributed by atoms with Gasteiger partial charge in [0.05, 0.1) is 6.54 Å². The molecular weight excluding hydrogens is 256 g/mol. The SMILES string of the molecule is CN(CCN(C)C1CCCC1)C(=O)CCn1cnnn1. The number of tetrazole rings is 1. The number of amides is 1. The molecule has 1 heterocycles. The standard InChI is InChI=1S/C13H24N6O/c1-17(12-5-3-4-6-12)9-10-18(2)13(20)7-8-19-11-14-15-16-19/h11-12H,3-10H2,1-2H3. The summed E-state index contributed by atoms with van der Waals surface area (Å²) in [6, 6.07) is 0.708. The summed E-state index contributed by atoms with van der Waals surface area (Å²) in [4.78, 5) is 16.2. The number of aryl methyl sites for hydroxylation is 1. The monoisotopic (exact) mass is 280 g/mol. The van der Waals surface area contributed by atoms with E-state index in [4.69, 9.17) is 0 Å². The number of hydrogen-bond acceptors (Lipinski definition) is 5. The molecule has 1 aliphatic rings. The molecule has 20 heavy (non-hydrogen) atoms. The van der Waals surface area contributed by atoms with Gasteiger partial charge in [0.15, 0.2) is 0 Å². The topological polar surface area (TPSA) is 67.2 Å². The maximum Gasteiger partial charge on any atom is 0.224 e. The van der Waals surface area contributed by atoms with Gasteiger partial charge in [-0.1, -0.05) is 12.8 Å². The van der Waals surface area contributed by atoms with Crippen LogP contribution in [0.15, 0.2) is 6.33 Å². The van der Waals surface area contributed by atoms with E-state index in [0.29, 0.717) is 19.0 Å². The van der Waals surface area contributed by atoms with Crippen LogP contribution in [0.4, 0.5) is 0 Å². The fourth-order valence-electron chi connectivity index (χ4n) is 2.64. The smallest absolute Gasteiger partial charge is 0.224 e. The van der Waals surface area contributed by atoms with Crippen LogP contribution in [-0.2, 0) is 11.3 Å². The molecule has 7 heteroatoms. The van der Waals surface area contributed by atoms with Crippen molar-refractivity contribution >= 4 is 5.91 Å². The van der Waals surface area contributed by atoms with E-state index in [9.17, 15) is 4.79 Å². The summed E-state index contributed by atoms with van der Waals surface area (Å²) in [5.74, 6) is 0.139. The van der Waals surface area contributed by atoms with Gasteiger partial charge in [-0.15, -0.1) is 5.10 Å². The number of likely N-dealkylation sites (N-methyl/N-ethyl adjacent to an activating group) is 2. The minimum absolute atomic E-state index is 0.139. The Bertz CT molecular complexity index is 401. The molecule has 0 N–H and O–H groups in total. The van der Waals surface area contributed by atoms with Gasteiger partial charge in [0, 0.05) is 32.6 Å². The van der Waals surface area contributed by atoms with Crippen molar-refractivity contribution in [3.8, 4) is 0 Å². The van der Waals surface area contributed by atoms with E-state index in [-0.39, 0.29) is 5.91 Å². The zero-order chi connectivity index (χ0) is 14.4. The van der Waals surface area contributed by atoms with Crippen molar-refractivity contribution in [1.82, 2.24) is 30.0 Å². The Labute approximate surface area is 119 Å². The van der Waals surface area contributed by atoms with E-state index in [1.165, 1.54) is 32.0 Å². The minimum Gasteiger partial charge on any atom is -0.344 e. The second-order valence-corrected chi connectivity index (χ2v) is 5.56. The minimum atomic E-state index is 0.139. The molecule has 7 nitrogen and oxygen atoms in total. The fourth-order valence-corrected chi connectivity index (χ4v) is 2.64. The Morgan fingerprint density at radius 2 is 2.05 bits per heavy atom. The van der Waals surface area contributed by atoms with Crippen molar-refractivity contribution in [2.24, 2.45) is 0 Å². The lowest BCUT2D eigenvalue weighted by Gasteiger charge is -2.26. The van der Waals surface area contributed by atoms with Crippen molar-refractivity contribution in [1.29, 1.82) is 0 Å². The van der Waals surface area contributed by atoms with Crippen LogP contribution in [0.2, 0.25) is 0 Å². The molecule has 1 fully saturated rings. The number of carbonyl (C=O) groups is 1. The van der Waals surface area contributed by atoms with E-state index >= 15 is 0 Å². The quantitative estimate of drug-likeness (QED) is 0.723. The van der Waals surface area contributed by atoms with Gasteiger partial charge in [0.1, 0.15) is 6.33 Å². The Morgan fingerprint density at radius 1 is 1.30 bits per heavy atom. The Kier molecular flexibility index (Phi) is 5.46. The Balaban J connectivity index is 1.65. The normalized spacial score (nSPS) is 15.9. The molecule has 1 amide bonds. The third-order valence-corrected chi connectivity index (χ3v) is 4.11. The molecule has 2 rings (SSSR count). The first kappa shape index (κ1) is 14.9. The van der Waals surface area contributed by atoms with Crippen LogP contribution >= 0.6 is 0 Å². The van der Waals surface area contributed by atoms with Crippen LogP contribution in [-0.4, -0.2) is 69.1 Å². The van der Waals surface area contributed by atoms with Crippen LogP contribution in [0, 0.1) is 0 Å². The average molecular weight is 280 g/mol. The van der Waals surface area contributed by atoms with Crippen LogP contribution in [0.5, 0.6) is 0 Å². The summed E-state index contributed by atoms with van der Waals surface area (Å²) < 4.78 is 1.58. The molecule has 0 radical (unpaired) electrons. The second-order valence-electron chi connectivity index (χ2n) is 5.56. The van der Waals surface area contributed by atoms with Gasteiger partial charge >= 0.3 is 0 Å². The number of nitrogens with zero attached hydrogens (tertiary/aromatic N) is 6. The number of hydrogen-bond donors (Lipinski definition) is 0. The molecular formula is C13H24N6O. The van der Waals surface area contributed by atoms with E-state index < -0.39 is 0 Å². The van der Waals surface area contributed by atoms with Crippen LogP contribution in [0.3, 0.4) is 0 Å². The van der Waals surface area contributed by atoms with Gasteiger partial charge in [-0.3, -0.25) is 4.79 Å². The lowest BCUT2D eigenvalue weighted by molar-refractivity contribution is -0.130. The molecule has 0 spiro atoms.